The Bertz CT molecular complexity index is 981. The van der Waals surface area contributed by atoms with Crippen LogP contribution in [-0.2, 0) is 30.5 Å². The summed E-state index contributed by atoms with van der Waals surface area (Å²) in [4.78, 5) is 46.3. The maximum Gasteiger partial charge on any atom is 0.308 e. The van der Waals surface area contributed by atoms with Crippen LogP contribution in [0.5, 0.6) is 11.5 Å². The Morgan fingerprint density at radius 1 is 0.933 bits per heavy atom. The van der Waals surface area contributed by atoms with E-state index in [9.17, 15) is 19.2 Å². The maximum atomic E-state index is 11.8. The van der Waals surface area contributed by atoms with Gasteiger partial charge in [-0.25, -0.2) is 0 Å². The van der Waals surface area contributed by atoms with Gasteiger partial charge in [-0.15, -0.1) is 0 Å². The van der Waals surface area contributed by atoms with Gasteiger partial charge in [0.25, 0.3) is 0 Å². The van der Waals surface area contributed by atoms with Gasteiger partial charge in [-0.3, -0.25) is 19.2 Å². The molecule has 8 nitrogen and oxygen atoms in total. The number of amides is 1. The molecule has 0 bridgehead atoms. The quantitative estimate of drug-likeness (QED) is 0.545. The van der Waals surface area contributed by atoms with Gasteiger partial charge in [0.1, 0.15) is 6.61 Å². The predicted octanol–water partition coefficient (Wildman–Crippen LogP) is 3.62. The lowest BCUT2D eigenvalue weighted by molar-refractivity contribution is -0.144. The smallest absolute Gasteiger partial charge is 0.308 e. The molecule has 158 valence electrons. The van der Waals surface area contributed by atoms with Crippen LogP contribution >= 0.6 is 0 Å². The molecular formula is C22H23NO7. The van der Waals surface area contributed by atoms with Crippen LogP contribution in [0.15, 0.2) is 36.4 Å². The summed E-state index contributed by atoms with van der Waals surface area (Å²) in [5, 5.41) is 2.65. The lowest BCUT2D eigenvalue weighted by Crippen LogP contribution is -2.13. The number of rotatable bonds is 7. The van der Waals surface area contributed by atoms with E-state index in [1.807, 2.05) is 0 Å². The zero-order chi connectivity index (χ0) is 22.3. The zero-order valence-corrected chi connectivity index (χ0v) is 17.2. The molecular weight excluding hydrogens is 390 g/mol. The fourth-order valence-electron chi connectivity index (χ4n) is 2.68. The summed E-state index contributed by atoms with van der Waals surface area (Å²) in [5.41, 5.74) is 2.12. The average molecular weight is 413 g/mol. The molecule has 0 heterocycles. The van der Waals surface area contributed by atoms with E-state index in [4.69, 9.17) is 14.2 Å². The van der Waals surface area contributed by atoms with Crippen LogP contribution in [-0.4, -0.2) is 23.8 Å². The van der Waals surface area contributed by atoms with Crippen molar-refractivity contribution in [1.82, 2.24) is 0 Å². The summed E-state index contributed by atoms with van der Waals surface area (Å²) in [7, 11) is 0. The zero-order valence-electron chi connectivity index (χ0n) is 17.2. The molecule has 0 atom stereocenters. The van der Waals surface area contributed by atoms with Crippen molar-refractivity contribution < 1.29 is 33.4 Å². The summed E-state index contributed by atoms with van der Waals surface area (Å²) in [6.45, 7) is 5.52. The molecule has 1 N–H and O–H groups in total. The lowest BCUT2D eigenvalue weighted by atomic mass is 10.00. The molecule has 30 heavy (non-hydrogen) atoms. The van der Waals surface area contributed by atoms with Crippen molar-refractivity contribution in [2.75, 3.05) is 5.32 Å². The van der Waals surface area contributed by atoms with E-state index >= 15 is 0 Å². The largest absolute Gasteiger partial charge is 0.461 e. The van der Waals surface area contributed by atoms with Crippen LogP contribution in [0, 0.1) is 0 Å². The van der Waals surface area contributed by atoms with Gasteiger partial charge in [0, 0.05) is 32.8 Å². The standard InChI is InChI=1S/C22H23NO7/c1-5-20(27)28-12-16-7-6-8-17(11-16)18-9-10-19(29-14(3)25)22(30-15(4)26)21(18)23-13(2)24/h6-11H,5,12H2,1-4H3,(H,23,24). The van der Waals surface area contributed by atoms with E-state index in [0.717, 1.165) is 5.56 Å². The fourth-order valence-corrected chi connectivity index (χ4v) is 2.68. The van der Waals surface area contributed by atoms with Crippen LogP contribution in [0.3, 0.4) is 0 Å². The van der Waals surface area contributed by atoms with Crippen LogP contribution in [0.1, 0.15) is 39.7 Å². The van der Waals surface area contributed by atoms with Gasteiger partial charge in [0.05, 0.1) is 5.69 Å². The highest BCUT2D eigenvalue weighted by molar-refractivity contribution is 5.98. The number of ether oxygens (including phenoxy) is 3. The van der Waals surface area contributed by atoms with Gasteiger partial charge >= 0.3 is 17.9 Å². The molecule has 2 aromatic carbocycles. The summed E-state index contributed by atoms with van der Waals surface area (Å²) < 4.78 is 15.6. The molecule has 2 aromatic rings. The number of carbonyl (C=O) groups is 4. The maximum absolute atomic E-state index is 11.8. The van der Waals surface area contributed by atoms with Gasteiger partial charge in [0.2, 0.25) is 5.91 Å². The average Bonchev–Trinajstić information content (AvgIpc) is 2.67. The number of benzene rings is 2. The van der Waals surface area contributed by atoms with E-state index < -0.39 is 17.8 Å². The fraction of sp³-hybridized carbons (Fsp3) is 0.273. The van der Waals surface area contributed by atoms with Gasteiger partial charge in [0.15, 0.2) is 11.5 Å². The molecule has 0 spiro atoms. The molecule has 1 amide bonds. The molecule has 0 radical (unpaired) electrons. The second kappa shape index (κ2) is 10.2. The van der Waals surface area contributed by atoms with Crippen LogP contribution < -0.4 is 14.8 Å². The van der Waals surface area contributed by atoms with Crippen molar-refractivity contribution >= 4 is 29.5 Å². The summed E-state index contributed by atoms with van der Waals surface area (Å²) in [6, 6.07) is 10.2. The molecule has 8 heteroatoms. The third-order valence-electron chi connectivity index (χ3n) is 3.85. The first-order chi connectivity index (χ1) is 14.2. The molecule has 0 aliphatic heterocycles. The minimum Gasteiger partial charge on any atom is -0.461 e. The molecule has 0 saturated carbocycles. The first-order valence-electron chi connectivity index (χ1n) is 9.27. The minimum absolute atomic E-state index is 0.00164. The molecule has 0 unspecified atom stereocenters. The second-order valence-electron chi connectivity index (χ2n) is 6.40. The highest BCUT2D eigenvalue weighted by Crippen LogP contribution is 2.43. The SMILES string of the molecule is CCC(=O)OCc1cccc(-c2ccc(OC(C)=O)c(OC(C)=O)c2NC(C)=O)c1. The van der Waals surface area contributed by atoms with Crippen molar-refractivity contribution in [3.8, 4) is 22.6 Å². The van der Waals surface area contributed by atoms with Crippen molar-refractivity contribution in [2.45, 2.75) is 40.7 Å². The van der Waals surface area contributed by atoms with Crippen LogP contribution in [0.25, 0.3) is 11.1 Å². The second-order valence-corrected chi connectivity index (χ2v) is 6.40. The van der Waals surface area contributed by atoms with Gasteiger partial charge < -0.3 is 19.5 Å². The number of carbonyl (C=O) groups excluding carboxylic acids is 4. The highest BCUT2D eigenvalue weighted by atomic mass is 16.6. The third kappa shape index (κ3) is 6.16. The number of nitrogens with one attached hydrogen (secondary N) is 1. The molecule has 0 aliphatic rings. The monoisotopic (exact) mass is 413 g/mol. The van der Waals surface area contributed by atoms with Gasteiger partial charge in [-0.05, 0) is 29.3 Å². The molecule has 0 saturated heterocycles. The van der Waals surface area contributed by atoms with Crippen molar-refractivity contribution in [1.29, 1.82) is 0 Å². The van der Waals surface area contributed by atoms with E-state index in [1.165, 1.54) is 26.8 Å². The van der Waals surface area contributed by atoms with Crippen LogP contribution in [0.4, 0.5) is 5.69 Å². The van der Waals surface area contributed by atoms with Gasteiger partial charge in [-0.1, -0.05) is 25.1 Å². The highest BCUT2D eigenvalue weighted by Gasteiger charge is 2.21. The Balaban J connectivity index is 2.58. The predicted molar refractivity (Wildman–Crippen MR) is 109 cm³/mol. The number of anilines is 1. The van der Waals surface area contributed by atoms with Crippen molar-refractivity contribution in [2.24, 2.45) is 0 Å². The van der Waals surface area contributed by atoms with Crippen molar-refractivity contribution in [3.63, 3.8) is 0 Å². The lowest BCUT2D eigenvalue weighted by Gasteiger charge is -2.18. The normalized spacial score (nSPS) is 10.1. The summed E-state index contributed by atoms with van der Waals surface area (Å²) in [5.74, 6) is -2.05. The molecule has 2 rings (SSSR count). The number of hydrogen-bond donors (Lipinski definition) is 1. The number of hydrogen-bond acceptors (Lipinski definition) is 7. The van der Waals surface area contributed by atoms with Crippen molar-refractivity contribution in [3.05, 3.63) is 42.0 Å². The first kappa shape index (κ1) is 22.6. The molecule has 0 aromatic heterocycles. The Morgan fingerprint density at radius 2 is 1.63 bits per heavy atom. The third-order valence-corrected chi connectivity index (χ3v) is 3.85. The Morgan fingerprint density at radius 3 is 2.23 bits per heavy atom. The minimum atomic E-state index is -0.646. The Labute approximate surface area is 174 Å². The van der Waals surface area contributed by atoms with E-state index in [1.54, 1.807) is 37.3 Å². The van der Waals surface area contributed by atoms with E-state index in [0.29, 0.717) is 11.1 Å². The summed E-state index contributed by atoms with van der Waals surface area (Å²) in [6.07, 6.45) is 0.274. The van der Waals surface area contributed by atoms with Crippen LogP contribution in [0.2, 0.25) is 0 Å². The first-order valence-corrected chi connectivity index (χ1v) is 9.27. The topological polar surface area (TPSA) is 108 Å². The van der Waals surface area contributed by atoms with E-state index in [-0.39, 0.29) is 36.2 Å². The summed E-state index contributed by atoms with van der Waals surface area (Å²) >= 11 is 0. The Kier molecular flexibility index (Phi) is 7.69. The Hall–Kier alpha value is -3.68. The molecule has 0 fully saturated rings. The molecule has 0 aliphatic carbocycles. The van der Waals surface area contributed by atoms with E-state index in [2.05, 4.69) is 5.32 Å². The van der Waals surface area contributed by atoms with Gasteiger partial charge in [-0.2, -0.15) is 0 Å². The number of esters is 3.